The molecule has 34 heteroatoms. The first kappa shape index (κ1) is 73.2. The first-order chi connectivity index (χ1) is 45.1. The van der Waals surface area contributed by atoms with Gasteiger partial charge >= 0.3 is 11.9 Å². The molecular weight excluding hydrogens is 1250 g/mol. The summed E-state index contributed by atoms with van der Waals surface area (Å²) in [4.78, 5) is 194. The monoisotopic (exact) mass is 1320 g/mol. The van der Waals surface area contributed by atoms with Crippen molar-refractivity contribution < 1.29 is 98.4 Å². The highest BCUT2D eigenvalue weighted by Crippen LogP contribution is 2.24. The number of nitrogens with zero attached hydrogens (tertiary/aromatic N) is 1. The van der Waals surface area contributed by atoms with E-state index < -0.39 is 188 Å². The Morgan fingerprint density at radius 2 is 0.947 bits per heavy atom. The lowest BCUT2D eigenvalue weighted by atomic mass is 10.0. The normalized spacial score (nSPS) is 16.3. The SMILES string of the molecule is C[C@H](NC(=O)[C@H](Cc1c[nH]c2ccccc12)NC(=O)[C@H](CC(N)=O)NC(=O)[C@@H]([NH3+])CC(N)=O)C(=O)N[C@@H](CC(=O)O)C(=O)N[C@@H](Cc1ccccc1)C(=O)N[C@@H](CO)C(=O)N[C@@H](CO)C(=O)N[C@H](C(=O)N[C@@H](Cc1c[nH]c2ccccc12)C(=O)N1CCC[C@H]1C(=O)O)[C@@H](C)O. The minimum atomic E-state index is -2.01. The number of carbonyl (C=O) groups excluding carboxylic acids is 12. The first-order valence-electron chi connectivity index (χ1n) is 30.0. The van der Waals surface area contributed by atoms with Crippen LogP contribution in [0.1, 0.15) is 62.6 Å². The van der Waals surface area contributed by atoms with Crippen LogP contribution in [0, 0.1) is 0 Å². The topological polar surface area (TPSA) is 563 Å². The average molecular weight is 1330 g/mol. The van der Waals surface area contributed by atoms with Crippen LogP contribution in [0.15, 0.2) is 91.3 Å². The van der Waals surface area contributed by atoms with Crippen molar-refractivity contribution in [3.63, 3.8) is 0 Å². The van der Waals surface area contributed by atoms with Gasteiger partial charge in [-0.25, -0.2) is 4.79 Å². The number of hydrogen-bond donors (Lipinski definition) is 19. The largest absolute Gasteiger partial charge is 0.481 e. The van der Waals surface area contributed by atoms with E-state index in [0.717, 1.165) is 18.7 Å². The zero-order valence-electron chi connectivity index (χ0n) is 51.6. The number of aliphatic carboxylic acids is 2. The predicted molar refractivity (Wildman–Crippen MR) is 332 cm³/mol. The molecule has 3 aromatic carbocycles. The number of fused-ring (bicyclic) bond motifs is 2. The molecule has 510 valence electrons. The number of aromatic amines is 2. The molecule has 0 unspecified atom stereocenters. The molecule has 1 saturated heterocycles. The number of primary amides is 2. The quantitative estimate of drug-likeness (QED) is 0.0179. The van der Waals surface area contributed by atoms with Crippen molar-refractivity contribution in [3.05, 3.63) is 108 Å². The zero-order chi connectivity index (χ0) is 69.8. The Balaban J connectivity index is 1.14. The van der Waals surface area contributed by atoms with Gasteiger partial charge in [0.25, 0.3) is 5.91 Å². The van der Waals surface area contributed by atoms with E-state index in [-0.39, 0.29) is 32.2 Å². The number of aliphatic hydroxyl groups is 3. The van der Waals surface area contributed by atoms with Gasteiger partial charge in [-0.1, -0.05) is 66.7 Å². The lowest BCUT2D eigenvalue weighted by Crippen LogP contribution is -2.70. The molecule has 1 aliphatic rings. The number of nitrogens with two attached hydrogens (primary N) is 2. The zero-order valence-corrected chi connectivity index (χ0v) is 51.6. The number of hydrogen-bond acceptors (Lipinski definition) is 17. The van der Waals surface area contributed by atoms with Crippen LogP contribution in [0.4, 0.5) is 0 Å². The highest BCUT2D eigenvalue weighted by molar-refractivity contribution is 6.01. The molecule has 1 fully saturated rings. The van der Waals surface area contributed by atoms with Gasteiger partial charge in [0.1, 0.15) is 60.4 Å². The third-order valence-corrected chi connectivity index (χ3v) is 15.5. The molecule has 6 rings (SSSR count). The number of quaternary nitrogens is 1. The van der Waals surface area contributed by atoms with Gasteiger partial charge in [-0.3, -0.25) is 62.3 Å². The summed E-state index contributed by atoms with van der Waals surface area (Å²) in [5, 5.41) is 73.5. The van der Waals surface area contributed by atoms with E-state index in [1.807, 2.05) is 0 Å². The summed E-state index contributed by atoms with van der Waals surface area (Å²) in [6.07, 6.45) is -1.35. The number of aromatic nitrogens is 2. The average Bonchev–Trinajstić information content (AvgIpc) is 1.73. The number of rotatable bonds is 35. The van der Waals surface area contributed by atoms with E-state index >= 15 is 0 Å². The molecule has 3 heterocycles. The molecule has 5 aromatic rings. The lowest BCUT2D eigenvalue weighted by Gasteiger charge is -2.30. The van der Waals surface area contributed by atoms with Crippen molar-refractivity contribution in [2.45, 2.75) is 138 Å². The summed E-state index contributed by atoms with van der Waals surface area (Å²) in [6.45, 7) is -0.0676. The number of benzene rings is 3. The van der Waals surface area contributed by atoms with Gasteiger partial charge in [0.2, 0.25) is 65.0 Å². The number of H-pyrrole nitrogens is 2. The number of para-hydroxylation sites is 2. The van der Waals surface area contributed by atoms with Gasteiger partial charge in [-0.15, -0.1) is 0 Å². The van der Waals surface area contributed by atoms with Crippen LogP contribution in [0.25, 0.3) is 21.8 Å². The second-order valence-electron chi connectivity index (χ2n) is 22.7. The summed E-state index contributed by atoms with van der Waals surface area (Å²) in [5.41, 5.74) is 16.8. The number of carbonyl (C=O) groups is 14. The van der Waals surface area contributed by atoms with Crippen molar-refractivity contribution in [2.24, 2.45) is 11.5 Å². The Hall–Kier alpha value is -10.8. The third kappa shape index (κ3) is 20.6. The van der Waals surface area contributed by atoms with Crippen LogP contribution in [-0.2, 0) is 86.4 Å². The maximum Gasteiger partial charge on any atom is 0.326 e. The van der Waals surface area contributed by atoms with Gasteiger partial charge in [0.05, 0.1) is 38.6 Å². The smallest absolute Gasteiger partial charge is 0.326 e. The van der Waals surface area contributed by atoms with E-state index in [4.69, 9.17) is 11.5 Å². The fraction of sp³-hybridized carbons (Fsp3) is 0.410. The second-order valence-corrected chi connectivity index (χ2v) is 22.7. The Morgan fingerprint density at radius 1 is 0.516 bits per heavy atom. The Morgan fingerprint density at radius 3 is 1.46 bits per heavy atom. The standard InChI is InChI=1S/C61H77N15O19/c1-29(67-53(86)40(20-32-25-65-37-15-8-6-13-34(32)37)71-55(88)41(23-48(64)81)69-52(85)36(62)22-47(63)80)51(84)68-42(24-49(82)83)56(89)70-39(19-31-11-4-3-5-12-31)54(87)73-44(27-77)57(90)74-45(28-78)58(91)75-50(30(2)79)59(92)72-43(60(93)76-18-10-17-46(76)61(94)95)21-33-26-66-38-16-9-7-14-35(33)38/h3-9,11-16,25-26,29-30,36,39-46,50,65-66,77-79H,10,17-24,27-28,62H2,1-2H3,(H2,63,80)(H2,64,81)(H,67,86)(H,68,84)(H,69,85)(H,70,89)(H,71,88)(H,72,92)(H,73,87)(H,74,90)(H,75,91)(H,82,83)(H,94,95)/p+1/t29-,30+,36-,39-,40-,41-,42-,43-,44-,45-,46-,50-/m0/s1. The van der Waals surface area contributed by atoms with E-state index in [0.29, 0.717) is 44.9 Å². The third-order valence-electron chi connectivity index (χ3n) is 15.5. The van der Waals surface area contributed by atoms with Gasteiger partial charge < -0.3 is 105 Å². The van der Waals surface area contributed by atoms with Gasteiger partial charge in [-0.2, -0.15) is 0 Å². The second kappa shape index (κ2) is 34.2. The molecule has 95 heavy (non-hydrogen) atoms. The molecule has 1 aliphatic heterocycles. The molecule has 0 bridgehead atoms. The van der Waals surface area contributed by atoms with Crippen LogP contribution in [-0.4, -0.2) is 216 Å². The Bertz CT molecular complexity index is 3650. The van der Waals surface area contributed by atoms with E-state index in [2.05, 4.69) is 63.6 Å². The van der Waals surface area contributed by atoms with Crippen LogP contribution in [0.5, 0.6) is 0 Å². The van der Waals surface area contributed by atoms with Crippen molar-refractivity contribution in [1.29, 1.82) is 0 Å². The fourth-order valence-corrected chi connectivity index (χ4v) is 10.5. The Labute approximate surface area is 541 Å². The van der Waals surface area contributed by atoms with Crippen LogP contribution in [0.2, 0.25) is 0 Å². The molecule has 12 atom stereocenters. The van der Waals surface area contributed by atoms with Crippen molar-refractivity contribution in [3.8, 4) is 0 Å². The predicted octanol–water partition coefficient (Wildman–Crippen LogP) is -6.66. The maximum atomic E-state index is 14.2. The number of aliphatic hydroxyl groups excluding tert-OH is 3. The number of carboxylic acid groups (broad SMARTS) is 2. The van der Waals surface area contributed by atoms with E-state index in [1.54, 1.807) is 72.9 Å². The summed E-state index contributed by atoms with van der Waals surface area (Å²) >= 11 is 0. The molecule has 0 saturated carbocycles. The minimum absolute atomic E-state index is 0.0577. The maximum absolute atomic E-state index is 14.2. The molecule has 34 nitrogen and oxygen atoms in total. The lowest BCUT2D eigenvalue weighted by molar-refractivity contribution is -0.402. The summed E-state index contributed by atoms with van der Waals surface area (Å²) < 4.78 is 0. The number of amides is 12. The summed E-state index contributed by atoms with van der Waals surface area (Å²) in [5.74, 6) is -16.2. The summed E-state index contributed by atoms with van der Waals surface area (Å²) in [7, 11) is 0. The molecule has 2 aromatic heterocycles. The van der Waals surface area contributed by atoms with Crippen molar-refractivity contribution in [1.82, 2.24) is 62.7 Å². The van der Waals surface area contributed by atoms with Gasteiger partial charge in [0, 0.05) is 60.0 Å². The van der Waals surface area contributed by atoms with Crippen LogP contribution >= 0.6 is 0 Å². The van der Waals surface area contributed by atoms with E-state index in [1.165, 1.54) is 18.3 Å². The van der Waals surface area contributed by atoms with Gasteiger partial charge in [0.15, 0.2) is 6.04 Å². The molecule has 12 amide bonds. The van der Waals surface area contributed by atoms with E-state index in [9.17, 15) is 92.7 Å². The Kier molecular flexibility index (Phi) is 26.3. The number of likely N-dealkylation sites (tertiary alicyclic amines) is 1. The van der Waals surface area contributed by atoms with Crippen molar-refractivity contribution in [2.75, 3.05) is 19.8 Å². The van der Waals surface area contributed by atoms with Crippen LogP contribution < -0.4 is 65.1 Å². The fourth-order valence-electron chi connectivity index (χ4n) is 10.5. The van der Waals surface area contributed by atoms with Gasteiger partial charge in [-0.05, 0) is 55.5 Å². The minimum Gasteiger partial charge on any atom is -0.481 e. The number of carboxylic acids is 2. The van der Waals surface area contributed by atoms with Crippen LogP contribution in [0.3, 0.4) is 0 Å². The molecule has 0 aliphatic carbocycles. The molecule has 0 radical (unpaired) electrons. The molecular formula is C61H78N15O19+. The first-order valence-corrected chi connectivity index (χ1v) is 30.0. The molecule has 0 spiro atoms. The summed E-state index contributed by atoms with van der Waals surface area (Å²) in [6, 6.07) is 3.24. The highest BCUT2D eigenvalue weighted by atomic mass is 16.4. The number of nitrogens with one attached hydrogen (secondary N) is 11. The highest BCUT2D eigenvalue weighted by Gasteiger charge is 2.41. The molecule has 23 N–H and O–H groups in total. The van der Waals surface area contributed by atoms with Crippen molar-refractivity contribution >= 4 is 105 Å².